The molecule has 0 amide bonds. The molecule has 0 nitrogen and oxygen atoms in total. The van der Waals surface area contributed by atoms with Crippen LogP contribution in [0.4, 0.5) is 0 Å². The molecular formula is C19H17BrSi. The first-order chi connectivity index (χ1) is 9.96. The summed E-state index contributed by atoms with van der Waals surface area (Å²) < 4.78 is 1.02. The monoisotopic (exact) mass is 352 g/mol. The fourth-order valence-corrected chi connectivity index (χ4v) is 2.55. The average molecular weight is 353 g/mol. The van der Waals surface area contributed by atoms with E-state index in [4.69, 9.17) is 0 Å². The van der Waals surface area contributed by atoms with E-state index in [0.29, 0.717) is 0 Å². The van der Waals surface area contributed by atoms with Crippen molar-refractivity contribution in [3.63, 3.8) is 0 Å². The van der Waals surface area contributed by atoms with Gasteiger partial charge in [0.05, 0.1) is 0 Å². The van der Waals surface area contributed by atoms with Gasteiger partial charge in [-0.2, -0.15) is 0 Å². The van der Waals surface area contributed by atoms with Crippen LogP contribution in [-0.2, 0) is 0 Å². The molecule has 0 heterocycles. The van der Waals surface area contributed by atoms with Crippen LogP contribution in [0.5, 0.6) is 0 Å². The Balaban J connectivity index is 2.38. The van der Waals surface area contributed by atoms with Crippen LogP contribution in [0, 0.1) is 23.3 Å². The standard InChI is InChI=1S/C19H17BrSi/c1-21(2,3)15-14-17-9-5-4-8-16(17)12-13-18-10-6-7-11-19(18)20/h4-11H,1-3H3. The molecule has 2 aromatic rings. The minimum Gasteiger partial charge on any atom is -0.127 e. The summed E-state index contributed by atoms with van der Waals surface area (Å²) in [6, 6.07) is 16.1. The predicted molar refractivity (Wildman–Crippen MR) is 96.8 cm³/mol. The Labute approximate surface area is 136 Å². The molecule has 0 bridgehead atoms. The van der Waals surface area contributed by atoms with E-state index < -0.39 is 8.07 Å². The summed E-state index contributed by atoms with van der Waals surface area (Å²) in [4.78, 5) is 0. The van der Waals surface area contributed by atoms with Crippen molar-refractivity contribution in [3.8, 4) is 23.3 Å². The van der Waals surface area contributed by atoms with E-state index in [0.717, 1.165) is 21.2 Å². The Morgan fingerprint density at radius 1 is 0.714 bits per heavy atom. The second-order valence-electron chi connectivity index (χ2n) is 5.78. The van der Waals surface area contributed by atoms with Crippen molar-refractivity contribution >= 4 is 24.0 Å². The van der Waals surface area contributed by atoms with Gasteiger partial charge in [0.2, 0.25) is 0 Å². The topological polar surface area (TPSA) is 0 Å². The highest BCUT2D eigenvalue weighted by Gasteiger charge is 2.07. The van der Waals surface area contributed by atoms with Crippen LogP contribution < -0.4 is 0 Å². The number of halogens is 1. The summed E-state index contributed by atoms with van der Waals surface area (Å²) in [7, 11) is -1.38. The Hall–Kier alpha value is -1.74. The van der Waals surface area contributed by atoms with Crippen LogP contribution in [0.15, 0.2) is 53.0 Å². The van der Waals surface area contributed by atoms with Crippen LogP contribution in [0.1, 0.15) is 16.7 Å². The lowest BCUT2D eigenvalue weighted by Crippen LogP contribution is -2.16. The quantitative estimate of drug-likeness (QED) is 0.458. The average Bonchev–Trinajstić information content (AvgIpc) is 2.44. The second-order valence-corrected chi connectivity index (χ2v) is 11.4. The first-order valence-corrected chi connectivity index (χ1v) is 11.1. The minimum absolute atomic E-state index is 0.985. The molecule has 0 N–H and O–H groups in total. The van der Waals surface area contributed by atoms with Gasteiger partial charge in [-0.05, 0) is 40.2 Å². The molecule has 0 aliphatic rings. The largest absolute Gasteiger partial charge is 0.129 e. The number of hydrogen-bond acceptors (Lipinski definition) is 0. The van der Waals surface area contributed by atoms with E-state index in [1.165, 1.54) is 0 Å². The van der Waals surface area contributed by atoms with Crippen LogP contribution in [-0.4, -0.2) is 8.07 Å². The summed E-state index contributed by atoms with van der Waals surface area (Å²) in [6.45, 7) is 6.74. The van der Waals surface area contributed by atoms with Crippen molar-refractivity contribution in [1.29, 1.82) is 0 Å². The van der Waals surface area contributed by atoms with E-state index in [2.05, 4.69) is 58.9 Å². The smallest absolute Gasteiger partial charge is 0.127 e. The number of hydrogen-bond donors (Lipinski definition) is 0. The molecule has 0 aliphatic carbocycles. The first-order valence-electron chi connectivity index (χ1n) is 6.84. The van der Waals surface area contributed by atoms with Crippen LogP contribution in [0.2, 0.25) is 19.6 Å². The van der Waals surface area contributed by atoms with Crippen LogP contribution in [0.25, 0.3) is 0 Å². The molecule has 21 heavy (non-hydrogen) atoms. The molecule has 0 unspecified atom stereocenters. The van der Waals surface area contributed by atoms with Crippen molar-refractivity contribution in [2.45, 2.75) is 19.6 Å². The lowest BCUT2D eigenvalue weighted by Gasteiger charge is -2.04. The van der Waals surface area contributed by atoms with E-state index in [9.17, 15) is 0 Å². The SMILES string of the molecule is C[Si](C)(C)C#Cc1ccccc1C#Cc1ccccc1Br. The normalized spacial score (nSPS) is 10.1. The highest BCUT2D eigenvalue weighted by atomic mass is 79.9. The molecule has 0 fully saturated rings. The second kappa shape index (κ2) is 6.81. The minimum atomic E-state index is -1.38. The third kappa shape index (κ3) is 4.94. The van der Waals surface area contributed by atoms with Gasteiger partial charge in [-0.3, -0.25) is 0 Å². The maximum atomic E-state index is 3.52. The number of benzene rings is 2. The Morgan fingerprint density at radius 3 is 1.76 bits per heavy atom. The third-order valence-electron chi connectivity index (χ3n) is 2.70. The molecule has 0 aliphatic heterocycles. The Bertz CT molecular complexity index is 762. The summed E-state index contributed by atoms with van der Waals surface area (Å²) in [6.07, 6.45) is 0. The lowest BCUT2D eigenvalue weighted by molar-refractivity contribution is 1.57. The zero-order chi connectivity index (χ0) is 15.3. The summed E-state index contributed by atoms with van der Waals surface area (Å²) in [5.41, 5.74) is 6.39. The predicted octanol–water partition coefficient (Wildman–Crippen LogP) is 5.08. The van der Waals surface area contributed by atoms with E-state index in [-0.39, 0.29) is 0 Å². The van der Waals surface area contributed by atoms with Gasteiger partial charge in [0, 0.05) is 21.2 Å². The highest BCUT2D eigenvalue weighted by Crippen LogP contribution is 2.15. The van der Waals surface area contributed by atoms with E-state index in [1.54, 1.807) is 0 Å². The molecule has 0 saturated heterocycles. The highest BCUT2D eigenvalue weighted by molar-refractivity contribution is 9.10. The molecule has 0 atom stereocenters. The molecule has 0 aromatic heterocycles. The molecule has 0 radical (unpaired) electrons. The Kier molecular flexibility index (Phi) is 5.07. The van der Waals surface area contributed by atoms with Crippen LogP contribution in [0.3, 0.4) is 0 Å². The summed E-state index contributed by atoms with van der Waals surface area (Å²) >= 11 is 3.52. The van der Waals surface area contributed by atoms with E-state index in [1.807, 2.05) is 48.5 Å². The lowest BCUT2D eigenvalue weighted by atomic mass is 10.1. The first kappa shape index (κ1) is 15.6. The van der Waals surface area contributed by atoms with Crippen molar-refractivity contribution in [2.24, 2.45) is 0 Å². The third-order valence-corrected chi connectivity index (χ3v) is 4.27. The number of rotatable bonds is 0. The zero-order valence-electron chi connectivity index (χ0n) is 12.5. The summed E-state index contributed by atoms with van der Waals surface area (Å²) in [5.74, 6) is 9.75. The molecule has 0 spiro atoms. The van der Waals surface area contributed by atoms with Gasteiger partial charge in [0.25, 0.3) is 0 Å². The van der Waals surface area contributed by atoms with Gasteiger partial charge in [0.15, 0.2) is 0 Å². The van der Waals surface area contributed by atoms with Crippen molar-refractivity contribution in [2.75, 3.05) is 0 Å². The maximum Gasteiger partial charge on any atom is 0.129 e. The molecule has 2 rings (SSSR count). The Morgan fingerprint density at radius 2 is 1.19 bits per heavy atom. The summed E-state index contributed by atoms with van der Waals surface area (Å²) in [5, 5.41) is 0. The van der Waals surface area contributed by atoms with Gasteiger partial charge in [-0.15, -0.1) is 5.54 Å². The van der Waals surface area contributed by atoms with Crippen molar-refractivity contribution in [1.82, 2.24) is 0 Å². The van der Waals surface area contributed by atoms with Gasteiger partial charge in [-0.25, -0.2) is 0 Å². The van der Waals surface area contributed by atoms with Crippen molar-refractivity contribution in [3.05, 3.63) is 69.7 Å². The molecule has 0 saturated carbocycles. The van der Waals surface area contributed by atoms with Gasteiger partial charge in [0.1, 0.15) is 8.07 Å². The fourth-order valence-electron chi connectivity index (χ4n) is 1.65. The molecule has 2 heteroatoms. The maximum absolute atomic E-state index is 3.52. The van der Waals surface area contributed by atoms with Crippen molar-refractivity contribution < 1.29 is 0 Å². The van der Waals surface area contributed by atoms with Gasteiger partial charge >= 0.3 is 0 Å². The zero-order valence-corrected chi connectivity index (χ0v) is 15.1. The molecule has 104 valence electrons. The van der Waals surface area contributed by atoms with E-state index >= 15 is 0 Å². The van der Waals surface area contributed by atoms with Gasteiger partial charge in [-0.1, -0.05) is 61.7 Å². The van der Waals surface area contributed by atoms with Gasteiger partial charge < -0.3 is 0 Å². The van der Waals surface area contributed by atoms with Crippen LogP contribution >= 0.6 is 15.9 Å². The molecular weight excluding hydrogens is 336 g/mol. The molecule has 2 aromatic carbocycles. The fraction of sp³-hybridized carbons (Fsp3) is 0.158.